The molecule has 0 amide bonds. The van der Waals surface area contributed by atoms with Crippen LogP contribution in [0, 0.1) is 0 Å². The Morgan fingerprint density at radius 2 is 1.14 bits per heavy atom. The molecule has 0 unspecified atom stereocenters. The molecular formula is C12H14N4O5. The molecule has 0 saturated carbocycles. The highest BCUT2D eigenvalue weighted by Gasteiger charge is 2.28. The Labute approximate surface area is 118 Å². The monoisotopic (exact) mass is 294 g/mol. The van der Waals surface area contributed by atoms with Gasteiger partial charge in [-0.3, -0.25) is 19.0 Å². The Kier molecular flexibility index (Phi) is 3.28. The molecule has 0 aliphatic heterocycles. The van der Waals surface area contributed by atoms with Crippen molar-refractivity contribution < 1.29 is 14.4 Å². The average Bonchev–Trinajstić information content (AvgIpc) is 2.77. The fourth-order valence-electron chi connectivity index (χ4n) is 2.36. The number of aromatic nitrogens is 4. The lowest BCUT2D eigenvalue weighted by Gasteiger charge is -2.00. The third kappa shape index (κ3) is 1.81. The van der Waals surface area contributed by atoms with Gasteiger partial charge in [0.25, 0.3) is 0 Å². The van der Waals surface area contributed by atoms with Crippen LogP contribution in [0.1, 0.15) is 42.1 Å². The largest absolute Gasteiger partial charge is 0.345 e. The summed E-state index contributed by atoms with van der Waals surface area (Å²) in [5.74, 6) is -1.98. The van der Waals surface area contributed by atoms with E-state index < -0.39 is 29.1 Å². The minimum Gasteiger partial charge on any atom is -0.276 e. The number of rotatable bonds is 1. The molecule has 0 aliphatic carbocycles. The maximum atomic E-state index is 12.2. The average molecular weight is 294 g/mol. The Morgan fingerprint density at radius 1 is 0.762 bits per heavy atom. The molecule has 0 fully saturated rings. The molecule has 0 N–H and O–H groups in total. The summed E-state index contributed by atoms with van der Waals surface area (Å²) in [5.41, 5.74) is -1.82. The molecule has 2 rings (SSSR count). The molecule has 2 aromatic rings. The van der Waals surface area contributed by atoms with Crippen LogP contribution < -0.4 is 11.4 Å². The number of aryl methyl sites for hydroxylation is 1. The van der Waals surface area contributed by atoms with Crippen molar-refractivity contribution in [1.82, 2.24) is 18.3 Å². The minimum atomic E-state index is -0.891. The van der Waals surface area contributed by atoms with E-state index >= 15 is 0 Å². The lowest BCUT2D eigenvalue weighted by atomic mass is 10.5. The second-order valence-electron chi connectivity index (χ2n) is 4.52. The van der Waals surface area contributed by atoms with Gasteiger partial charge >= 0.3 is 11.4 Å². The summed E-state index contributed by atoms with van der Waals surface area (Å²) < 4.78 is 3.22. The van der Waals surface area contributed by atoms with Crippen LogP contribution >= 0.6 is 0 Å². The van der Waals surface area contributed by atoms with Crippen molar-refractivity contribution in [2.75, 3.05) is 0 Å². The molecule has 0 bridgehead atoms. The van der Waals surface area contributed by atoms with E-state index in [0.717, 1.165) is 34.5 Å². The van der Waals surface area contributed by atoms with Gasteiger partial charge in [-0.15, -0.1) is 0 Å². The van der Waals surface area contributed by atoms with Crippen LogP contribution in [0.4, 0.5) is 0 Å². The van der Waals surface area contributed by atoms with Crippen molar-refractivity contribution in [3.05, 3.63) is 21.0 Å². The van der Waals surface area contributed by atoms with Gasteiger partial charge in [-0.25, -0.2) is 23.3 Å². The highest BCUT2D eigenvalue weighted by atomic mass is 16.2. The summed E-state index contributed by atoms with van der Waals surface area (Å²) >= 11 is 0. The van der Waals surface area contributed by atoms with E-state index in [9.17, 15) is 24.0 Å². The SMILES string of the molecule is CCn1c(=O)n(C(C)=O)c2c1n(C(C)=O)c(=O)n2C(C)=O. The lowest BCUT2D eigenvalue weighted by Crippen LogP contribution is -2.35. The molecule has 0 radical (unpaired) electrons. The Balaban J connectivity index is 3.27. The molecule has 9 nitrogen and oxygen atoms in total. The highest BCUT2D eigenvalue weighted by molar-refractivity contribution is 5.96. The Bertz CT molecular complexity index is 893. The fraction of sp³-hybridized carbons (Fsp3) is 0.417. The van der Waals surface area contributed by atoms with Crippen LogP contribution in [0.25, 0.3) is 11.3 Å². The summed E-state index contributed by atoms with van der Waals surface area (Å²) in [6.07, 6.45) is 0. The van der Waals surface area contributed by atoms with E-state index in [0.29, 0.717) is 4.57 Å². The zero-order valence-corrected chi connectivity index (χ0v) is 12.0. The van der Waals surface area contributed by atoms with Gasteiger partial charge in [0.15, 0.2) is 11.3 Å². The number of carbonyl (C=O) groups excluding carboxylic acids is 3. The van der Waals surface area contributed by atoms with Gasteiger partial charge in [-0.05, 0) is 6.92 Å². The lowest BCUT2D eigenvalue weighted by molar-refractivity contribution is 0.0923. The fourth-order valence-corrected chi connectivity index (χ4v) is 2.36. The zero-order valence-electron chi connectivity index (χ0n) is 12.0. The number of hydrogen-bond donors (Lipinski definition) is 0. The van der Waals surface area contributed by atoms with Crippen LogP contribution in [-0.2, 0) is 6.54 Å². The second-order valence-corrected chi connectivity index (χ2v) is 4.52. The second kappa shape index (κ2) is 4.69. The number of hydrogen-bond acceptors (Lipinski definition) is 5. The normalized spacial score (nSPS) is 11.0. The van der Waals surface area contributed by atoms with Gasteiger partial charge in [0.05, 0.1) is 0 Å². The van der Waals surface area contributed by atoms with E-state index in [1.807, 2.05) is 0 Å². The summed E-state index contributed by atoms with van der Waals surface area (Å²) in [4.78, 5) is 59.6. The Morgan fingerprint density at radius 3 is 1.52 bits per heavy atom. The molecule has 0 aliphatic rings. The minimum absolute atomic E-state index is 0.0506. The van der Waals surface area contributed by atoms with E-state index in [-0.39, 0.29) is 17.8 Å². The molecule has 112 valence electrons. The third-order valence-corrected chi connectivity index (χ3v) is 3.16. The van der Waals surface area contributed by atoms with Gasteiger partial charge < -0.3 is 0 Å². The molecule has 21 heavy (non-hydrogen) atoms. The van der Waals surface area contributed by atoms with Crippen LogP contribution in [0.2, 0.25) is 0 Å². The molecule has 2 heterocycles. The van der Waals surface area contributed by atoms with Gasteiger partial charge in [-0.2, -0.15) is 0 Å². The standard InChI is InChI=1S/C12H14N4O5/c1-5-13-9-10(15(7(3)18)11(13)20)16(8(4)19)12(21)14(9)6(2)17/h5H2,1-4H3. The van der Waals surface area contributed by atoms with Crippen molar-refractivity contribution in [3.63, 3.8) is 0 Å². The van der Waals surface area contributed by atoms with Crippen molar-refractivity contribution in [1.29, 1.82) is 0 Å². The van der Waals surface area contributed by atoms with Crippen molar-refractivity contribution >= 4 is 29.0 Å². The smallest absolute Gasteiger partial charge is 0.276 e. The van der Waals surface area contributed by atoms with E-state index in [4.69, 9.17) is 0 Å². The summed E-state index contributed by atoms with van der Waals surface area (Å²) in [7, 11) is 0. The highest BCUT2D eigenvalue weighted by Crippen LogP contribution is 2.13. The molecule has 0 spiro atoms. The first kappa shape index (κ1) is 14.7. The van der Waals surface area contributed by atoms with Crippen LogP contribution in [-0.4, -0.2) is 36.0 Å². The number of nitrogens with zero attached hydrogens (tertiary/aromatic N) is 4. The maximum absolute atomic E-state index is 12.2. The number of carbonyl (C=O) groups is 3. The Hall–Kier alpha value is -2.71. The van der Waals surface area contributed by atoms with Crippen molar-refractivity contribution in [3.8, 4) is 0 Å². The van der Waals surface area contributed by atoms with E-state index in [1.165, 1.54) is 0 Å². The summed E-state index contributed by atoms with van der Waals surface area (Å²) in [5, 5.41) is 0. The van der Waals surface area contributed by atoms with Crippen molar-refractivity contribution in [2.24, 2.45) is 0 Å². The first-order valence-electron chi connectivity index (χ1n) is 6.25. The van der Waals surface area contributed by atoms with Crippen LogP contribution in [0.5, 0.6) is 0 Å². The molecule has 0 saturated heterocycles. The zero-order chi connectivity index (χ0) is 16.1. The van der Waals surface area contributed by atoms with Gasteiger partial charge in [0, 0.05) is 27.3 Å². The summed E-state index contributed by atoms with van der Waals surface area (Å²) in [6.45, 7) is 5.17. The maximum Gasteiger partial charge on any atom is 0.345 e. The summed E-state index contributed by atoms with van der Waals surface area (Å²) in [6, 6.07) is 0. The quantitative estimate of drug-likeness (QED) is 0.722. The number of fused-ring (bicyclic) bond motifs is 1. The molecule has 9 heteroatoms. The first-order valence-corrected chi connectivity index (χ1v) is 6.25. The topological polar surface area (TPSA) is 105 Å². The predicted octanol–water partition coefficient (Wildman–Crippen LogP) is -0.234. The molecule has 2 aromatic heterocycles. The van der Waals surface area contributed by atoms with Gasteiger partial charge in [-0.1, -0.05) is 0 Å². The van der Waals surface area contributed by atoms with Gasteiger partial charge in [0.1, 0.15) is 0 Å². The van der Waals surface area contributed by atoms with Crippen molar-refractivity contribution in [2.45, 2.75) is 34.2 Å². The van der Waals surface area contributed by atoms with Crippen LogP contribution in [0.15, 0.2) is 9.59 Å². The predicted molar refractivity (Wildman–Crippen MR) is 73.0 cm³/mol. The van der Waals surface area contributed by atoms with Crippen LogP contribution in [0.3, 0.4) is 0 Å². The first-order chi connectivity index (χ1) is 9.73. The molecular weight excluding hydrogens is 280 g/mol. The third-order valence-electron chi connectivity index (χ3n) is 3.16. The molecule has 0 atom stereocenters. The van der Waals surface area contributed by atoms with E-state index in [1.54, 1.807) is 6.92 Å². The van der Waals surface area contributed by atoms with Gasteiger partial charge in [0.2, 0.25) is 17.7 Å². The number of imidazole rings is 2. The molecule has 0 aromatic carbocycles. The van der Waals surface area contributed by atoms with E-state index in [2.05, 4.69) is 0 Å².